The largest absolute Gasteiger partial charge is 0.330 e. The molecule has 0 saturated carbocycles. The summed E-state index contributed by atoms with van der Waals surface area (Å²) >= 11 is 1.62. The van der Waals surface area contributed by atoms with Crippen LogP contribution < -0.4 is 5.73 Å². The zero-order valence-electron chi connectivity index (χ0n) is 10.4. The van der Waals surface area contributed by atoms with Crippen molar-refractivity contribution < 1.29 is 4.92 Å². The number of aryl methyl sites for hydroxylation is 1. The predicted molar refractivity (Wildman–Crippen MR) is 76.2 cm³/mol. The van der Waals surface area contributed by atoms with Crippen molar-refractivity contribution in [3.05, 3.63) is 44.8 Å². The molecule has 1 heterocycles. The number of hydrogen-bond acceptors (Lipinski definition) is 5. The van der Waals surface area contributed by atoms with E-state index in [4.69, 9.17) is 5.73 Å². The Morgan fingerprint density at radius 3 is 2.63 bits per heavy atom. The van der Waals surface area contributed by atoms with Crippen molar-refractivity contribution in [2.45, 2.75) is 19.3 Å². The Morgan fingerprint density at radius 1 is 1.26 bits per heavy atom. The van der Waals surface area contributed by atoms with Crippen LogP contribution in [0.5, 0.6) is 0 Å². The first-order valence-corrected chi connectivity index (χ1v) is 6.98. The molecule has 5 nitrogen and oxygen atoms in total. The van der Waals surface area contributed by atoms with Crippen LogP contribution in [0.3, 0.4) is 0 Å². The zero-order valence-corrected chi connectivity index (χ0v) is 11.2. The highest BCUT2D eigenvalue weighted by Crippen LogP contribution is 2.24. The summed E-state index contributed by atoms with van der Waals surface area (Å²) in [5, 5.41) is 13.7. The summed E-state index contributed by atoms with van der Waals surface area (Å²) in [6, 6.07) is 6.47. The lowest BCUT2D eigenvalue weighted by Gasteiger charge is -1.97. The number of nitrogens with two attached hydrogens (primary N) is 1. The Labute approximate surface area is 115 Å². The normalized spacial score (nSPS) is 10.6. The van der Waals surface area contributed by atoms with Crippen LogP contribution in [0.2, 0.25) is 0 Å². The number of rotatable bonds is 6. The van der Waals surface area contributed by atoms with Gasteiger partial charge in [-0.05, 0) is 37.9 Å². The molecule has 0 saturated heterocycles. The van der Waals surface area contributed by atoms with Gasteiger partial charge in [-0.15, -0.1) is 11.3 Å². The number of nitro groups is 1. The zero-order chi connectivity index (χ0) is 13.7. The summed E-state index contributed by atoms with van der Waals surface area (Å²) in [7, 11) is 0. The lowest BCUT2D eigenvalue weighted by atomic mass is 10.1. The van der Waals surface area contributed by atoms with E-state index in [0.29, 0.717) is 6.54 Å². The van der Waals surface area contributed by atoms with E-state index in [9.17, 15) is 10.1 Å². The molecule has 0 aliphatic carbocycles. The number of benzene rings is 1. The Balaban J connectivity index is 2.07. The number of nitro benzene ring substituents is 1. The molecular formula is C13H15N3O2S. The first-order chi connectivity index (χ1) is 9.20. The van der Waals surface area contributed by atoms with E-state index in [1.807, 2.05) is 5.38 Å². The van der Waals surface area contributed by atoms with Crippen LogP contribution >= 0.6 is 11.3 Å². The minimum Gasteiger partial charge on any atom is -0.330 e. The van der Waals surface area contributed by atoms with Crippen molar-refractivity contribution in [2.24, 2.45) is 5.73 Å². The van der Waals surface area contributed by atoms with Crippen molar-refractivity contribution in [1.82, 2.24) is 4.98 Å². The number of hydrogen-bond donors (Lipinski definition) is 1. The Bertz CT molecular complexity index is 551. The molecular weight excluding hydrogens is 262 g/mol. The van der Waals surface area contributed by atoms with Gasteiger partial charge in [0.2, 0.25) is 0 Å². The molecule has 1 aromatic carbocycles. The standard InChI is InChI=1S/C13H15N3O2S/c14-8-2-1-3-13-15-12(9-19-13)10-4-6-11(7-5-10)16(17)18/h4-7,9H,1-3,8,14H2. The third-order valence-electron chi connectivity index (χ3n) is 2.77. The van der Waals surface area contributed by atoms with Gasteiger partial charge in [-0.25, -0.2) is 4.98 Å². The van der Waals surface area contributed by atoms with Crippen LogP contribution in [-0.2, 0) is 6.42 Å². The Morgan fingerprint density at radius 2 is 2.00 bits per heavy atom. The second-order valence-electron chi connectivity index (χ2n) is 4.18. The fourth-order valence-electron chi connectivity index (χ4n) is 1.73. The Kier molecular flexibility index (Phi) is 4.59. The molecule has 0 unspecified atom stereocenters. The molecule has 0 aliphatic rings. The Hall–Kier alpha value is -1.79. The minimum atomic E-state index is -0.400. The van der Waals surface area contributed by atoms with Gasteiger partial charge in [0.15, 0.2) is 0 Å². The average molecular weight is 277 g/mol. The van der Waals surface area contributed by atoms with E-state index in [1.54, 1.807) is 23.5 Å². The van der Waals surface area contributed by atoms with Crippen LogP contribution in [0.25, 0.3) is 11.3 Å². The van der Waals surface area contributed by atoms with E-state index in [-0.39, 0.29) is 5.69 Å². The summed E-state index contributed by atoms with van der Waals surface area (Å²) in [5.41, 5.74) is 7.34. The average Bonchev–Trinajstić information content (AvgIpc) is 2.88. The molecule has 100 valence electrons. The molecule has 0 amide bonds. The summed E-state index contributed by atoms with van der Waals surface area (Å²) < 4.78 is 0. The van der Waals surface area contributed by atoms with Gasteiger partial charge in [-0.1, -0.05) is 0 Å². The second kappa shape index (κ2) is 6.40. The third-order valence-corrected chi connectivity index (χ3v) is 3.68. The molecule has 0 aliphatic heterocycles. The van der Waals surface area contributed by atoms with Crippen LogP contribution in [0, 0.1) is 10.1 Å². The lowest BCUT2D eigenvalue weighted by molar-refractivity contribution is -0.384. The highest BCUT2D eigenvalue weighted by atomic mass is 32.1. The van der Waals surface area contributed by atoms with E-state index in [1.165, 1.54) is 12.1 Å². The van der Waals surface area contributed by atoms with E-state index in [0.717, 1.165) is 35.5 Å². The van der Waals surface area contributed by atoms with Gasteiger partial charge in [0, 0.05) is 23.1 Å². The number of nitrogens with zero attached hydrogens (tertiary/aromatic N) is 2. The van der Waals surface area contributed by atoms with Crippen LogP contribution in [0.1, 0.15) is 17.8 Å². The molecule has 2 N–H and O–H groups in total. The van der Waals surface area contributed by atoms with Gasteiger partial charge in [-0.3, -0.25) is 10.1 Å². The fourth-order valence-corrected chi connectivity index (χ4v) is 2.58. The quantitative estimate of drug-likeness (QED) is 0.500. The summed E-state index contributed by atoms with van der Waals surface area (Å²) in [6.45, 7) is 0.709. The van der Waals surface area contributed by atoms with E-state index in [2.05, 4.69) is 4.98 Å². The number of unbranched alkanes of at least 4 members (excludes halogenated alkanes) is 1. The second-order valence-corrected chi connectivity index (χ2v) is 5.12. The fraction of sp³-hybridized carbons (Fsp3) is 0.308. The van der Waals surface area contributed by atoms with Gasteiger partial charge in [0.25, 0.3) is 5.69 Å². The smallest absolute Gasteiger partial charge is 0.269 e. The van der Waals surface area contributed by atoms with Gasteiger partial charge in [0.05, 0.1) is 15.6 Å². The highest BCUT2D eigenvalue weighted by Gasteiger charge is 2.08. The van der Waals surface area contributed by atoms with Gasteiger partial charge in [0.1, 0.15) is 0 Å². The third kappa shape index (κ3) is 3.59. The first-order valence-electron chi connectivity index (χ1n) is 6.10. The van der Waals surface area contributed by atoms with Crippen molar-refractivity contribution in [1.29, 1.82) is 0 Å². The maximum Gasteiger partial charge on any atom is 0.269 e. The minimum absolute atomic E-state index is 0.0992. The van der Waals surface area contributed by atoms with Gasteiger partial charge >= 0.3 is 0 Å². The van der Waals surface area contributed by atoms with Crippen molar-refractivity contribution >= 4 is 17.0 Å². The summed E-state index contributed by atoms with van der Waals surface area (Å²) in [4.78, 5) is 14.7. The van der Waals surface area contributed by atoms with Crippen molar-refractivity contribution in [3.8, 4) is 11.3 Å². The van der Waals surface area contributed by atoms with E-state index >= 15 is 0 Å². The first kappa shape index (κ1) is 13.6. The number of non-ortho nitro benzene ring substituents is 1. The van der Waals surface area contributed by atoms with Gasteiger partial charge < -0.3 is 5.73 Å². The summed E-state index contributed by atoms with van der Waals surface area (Å²) in [6.07, 6.45) is 2.99. The molecule has 2 aromatic rings. The highest BCUT2D eigenvalue weighted by molar-refractivity contribution is 7.09. The van der Waals surface area contributed by atoms with Crippen LogP contribution in [0.15, 0.2) is 29.6 Å². The molecule has 1 aromatic heterocycles. The SMILES string of the molecule is NCCCCc1nc(-c2ccc([N+](=O)[O-])cc2)cs1. The number of aromatic nitrogens is 1. The lowest BCUT2D eigenvalue weighted by Crippen LogP contribution is -1.98. The van der Waals surface area contributed by atoms with Gasteiger partial charge in [-0.2, -0.15) is 0 Å². The number of thiazole rings is 1. The van der Waals surface area contributed by atoms with Crippen LogP contribution in [0.4, 0.5) is 5.69 Å². The van der Waals surface area contributed by atoms with E-state index < -0.39 is 4.92 Å². The monoisotopic (exact) mass is 277 g/mol. The molecule has 19 heavy (non-hydrogen) atoms. The molecule has 0 radical (unpaired) electrons. The molecule has 0 bridgehead atoms. The molecule has 6 heteroatoms. The maximum atomic E-state index is 10.6. The predicted octanol–water partition coefficient (Wildman–Crippen LogP) is 3.00. The molecule has 0 atom stereocenters. The molecule has 0 fully saturated rings. The molecule has 0 spiro atoms. The maximum absolute atomic E-state index is 10.6. The van der Waals surface area contributed by atoms with Crippen LogP contribution in [-0.4, -0.2) is 16.5 Å². The molecule has 2 rings (SSSR count). The summed E-state index contributed by atoms with van der Waals surface area (Å²) in [5.74, 6) is 0. The van der Waals surface area contributed by atoms with Crippen molar-refractivity contribution in [3.63, 3.8) is 0 Å². The topological polar surface area (TPSA) is 82.0 Å². The van der Waals surface area contributed by atoms with Crippen molar-refractivity contribution in [2.75, 3.05) is 6.54 Å².